The van der Waals surface area contributed by atoms with E-state index in [0.29, 0.717) is 36.8 Å². The lowest BCUT2D eigenvalue weighted by Gasteiger charge is -2.36. The number of benzene rings is 2. The van der Waals surface area contributed by atoms with Gasteiger partial charge in [-0.15, -0.1) is 11.8 Å². The fourth-order valence-corrected chi connectivity index (χ4v) is 3.49. The molecule has 0 aromatic heterocycles. The van der Waals surface area contributed by atoms with Gasteiger partial charge in [0.1, 0.15) is 5.75 Å². The largest absolute Gasteiger partial charge is 0.506 e. The third kappa shape index (κ3) is 3.47. The van der Waals surface area contributed by atoms with Crippen molar-refractivity contribution in [3.05, 3.63) is 53.1 Å². The number of hydrogen-bond acceptors (Lipinski definition) is 4. The number of anilines is 1. The van der Waals surface area contributed by atoms with Crippen LogP contribution in [0.3, 0.4) is 0 Å². The molecule has 0 spiro atoms. The van der Waals surface area contributed by atoms with Gasteiger partial charge in [0.2, 0.25) is 0 Å². The molecule has 1 fully saturated rings. The molecule has 1 heterocycles. The monoisotopic (exact) mass is 362 g/mol. The molecule has 0 unspecified atom stereocenters. The minimum absolute atomic E-state index is 0.0344. The first-order valence-electron chi connectivity index (χ1n) is 7.76. The molecule has 0 saturated carbocycles. The molecule has 1 amide bonds. The van der Waals surface area contributed by atoms with Crippen LogP contribution >= 0.6 is 23.4 Å². The van der Waals surface area contributed by atoms with Crippen LogP contribution < -0.4 is 4.90 Å². The second-order valence-electron chi connectivity index (χ2n) is 5.61. The molecular formula is C18H19ClN2O2S. The van der Waals surface area contributed by atoms with Crippen molar-refractivity contribution < 1.29 is 9.90 Å². The van der Waals surface area contributed by atoms with Crippen LogP contribution in [-0.4, -0.2) is 48.3 Å². The summed E-state index contributed by atoms with van der Waals surface area (Å²) in [6.07, 6.45) is 1.97. The number of piperazine rings is 1. The molecule has 1 N–H and O–H groups in total. The van der Waals surface area contributed by atoms with E-state index in [1.165, 1.54) is 0 Å². The van der Waals surface area contributed by atoms with Crippen molar-refractivity contribution in [2.24, 2.45) is 0 Å². The van der Waals surface area contributed by atoms with Crippen molar-refractivity contribution in [2.75, 3.05) is 37.3 Å². The summed E-state index contributed by atoms with van der Waals surface area (Å²) in [5.74, 6) is 0.237. The molecule has 1 aliphatic rings. The van der Waals surface area contributed by atoms with E-state index in [0.717, 1.165) is 10.6 Å². The van der Waals surface area contributed by atoms with Crippen molar-refractivity contribution in [3.63, 3.8) is 0 Å². The number of para-hydroxylation sites is 2. The highest BCUT2D eigenvalue weighted by atomic mass is 35.5. The Morgan fingerprint density at radius 1 is 1.12 bits per heavy atom. The zero-order valence-electron chi connectivity index (χ0n) is 13.4. The predicted octanol–water partition coefficient (Wildman–Crippen LogP) is 3.73. The van der Waals surface area contributed by atoms with Crippen molar-refractivity contribution in [1.82, 2.24) is 4.90 Å². The van der Waals surface area contributed by atoms with Gasteiger partial charge >= 0.3 is 0 Å². The third-order valence-electron chi connectivity index (χ3n) is 4.19. The SMILES string of the molecule is CSc1ccc(Cl)c(C(=O)N2CCN(c3ccccc3O)CC2)c1. The molecule has 2 aromatic carbocycles. The van der Waals surface area contributed by atoms with Crippen LogP contribution in [-0.2, 0) is 0 Å². The lowest BCUT2D eigenvalue weighted by molar-refractivity contribution is 0.0746. The number of nitrogens with zero attached hydrogens (tertiary/aromatic N) is 2. The van der Waals surface area contributed by atoms with E-state index < -0.39 is 0 Å². The third-order valence-corrected chi connectivity index (χ3v) is 5.25. The van der Waals surface area contributed by atoms with Gasteiger partial charge in [-0.3, -0.25) is 4.79 Å². The maximum atomic E-state index is 12.8. The van der Waals surface area contributed by atoms with E-state index in [1.807, 2.05) is 35.4 Å². The Bertz CT molecular complexity index is 746. The maximum Gasteiger partial charge on any atom is 0.255 e. The number of phenols is 1. The van der Waals surface area contributed by atoms with E-state index in [-0.39, 0.29) is 11.7 Å². The van der Waals surface area contributed by atoms with E-state index in [4.69, 9.17) is 11.6 Å². The molecule has 0 radical (unpaired) electrons. The smallest absolute Gasteiger partial charge is 0.255 e. The van der Waals surface area contributed by atoms with Gasteiger partial charge in [0.15, 0.2) is 0 Å². The van der Waals surface area contributed by atoms with Gasteiger partial charge in [0, 0.05) is 31.1 Å². The molecule has 6 heteroatoms. The summed E-state index contributed by atoms with van der Waals surface area (Å²) < 4.78 is 0. The Labute approximate surface area is 151 Å². The topological polar surface area (TPSA) is 43.8 Å². The second-order valence-corrected chi connectivity index (χ2v) is 6.90. The summed E-state index contributed by atoms with van der Waals surface area (Å²) in [4.78, 5) is 17.7. The number of aromatic hydroxyl groups is 1. The molecule has 126 valence electrons. The van der Waals surface area contributed by atoms with Crippen LogP contribution in [0.4, 0.5) is 5.69 Å². The Morgan fingerprint density at radius 2 is 1.83 bits per heavy atom. The first-order valence-corrected chi connectivity index (χ1v) is 9.36. The fraction of sp³-hybridized carbons (Fsp3) is 0.278. The summed E-state index contributed by atoms with van der Waals surface area (Å²) in [5, 5.41) is 10.5. The molecular weight excluding hydrogens is 344 g/mol. The minimum atomic E-state index is -0.0344. The molecule has 2 aromatic rings. The number of carbonyl (C=O) groups is 1. The minimum Gasteiger partial charge on any atom is -0.506 e. The average Bonchev–Trinajstić information content (AvgIpc) is 2.62. The standard InChI is InChI=1S/C18H19ClN2O2S/c1-24-13-6-7-15(19)14(12-13)18(23)21-10-8-20(9-11-21)16-4-2-3-5-17(16)22/h2-7,12,22H,8-11H2,1H3. The first-order chi connectivity index (χ1) is 11.6. The van der Waals surface area contributed by atoms with Gasteiger partial charge in [-0.05, 0) is 36.6 Å². The Kier molecular flexibility index (Phi) is 5.21. The number of rotatable bonds is 3. The van der Waals surface area contributed by atoms with Crippen LogP contribution in [0.25, 0.3) is 0 Å². The van der Waals surface area contributed by atoms with E-state index in [9.17, 15) is 9.90 Å². The normalized spacial score (nSPS) is 14.8. The van der Waals surface area contributed by atoms with Crippen LogP contribution in [0.1, 0.15) is 10.4 Å². The van der Waals surface area contributed by atoms with Gasteiger partial charge in [0.25, 0.3) is 5.91 Å². The van der Waals surface area contributed by atoms with Gasteiger partial charge in [0.05, 0.1) is 16.3 Å². The molecule has 3 rings (SSSR count). The lowest BCUT2D eigenvalue weighted by atomic mass is 10.1. The fourth-order valence-electron chi connectivity index (χ4n) is 2.85. The van der Waals surface area contributed by atoms with Crippen molar-refractivity contribution in [1.29, 1.82) is 0 Å². The molecule has 0 bridgehead atoms. The summed E-state index contributed by atoms with van der Waals surface area (Å²) in [6, 6.07) is 12.8. The zero-order valence-corrected chi connectivity index (χ0v) is 15.0. The van der Waals surface area contributed by atoms with Crippen LogP contribution in [0.2, 0.25) is 5.02 Å². The van der Waals surface area contributed by atoms with Crippen molar-refractivity contribution in [3.8, 4) is 5.75 Å². The van der Waals surface area contributed by atoms with Crippen molar-refractivity contribution in [2.45, 2.75) is 4.90 Å². The number of phenolic OH excluding ortho intramolecular Hbond substituents is 1. The summed E-state index contributed by atoms with van der Waals surface area (Å²) >= 11 is 7.80. The maximum absolute atomic E-state index is 12.8. The highest BCUT2D eigenvalue weighted by Gasteiger charge is 2.24. The van der Waals surface area contributed by atoms with Crippen molar-refractivity contribution >= 4 is 35.0 Å². The summed E-state index contributed by atoms with van der Waals surface area (Å²) in [6.45, 7) is 2.58. The number of hydrogen-bond donors (Lipinski definition) is 1. The summed E-state index contributed by atoms with van der Waals surface area (Å²) in [5.41, 5.74) is 1.37. The highest BCUT2D eigenvalue weighted by molar-refractivity contribution is 7.98. The van der Waals surface area contributed by atoms with E-state index >= 15 is 0 Å². The quantitative estimate of drug-likeness (QED) is 0.845. The number of halogens is 1. The van der Waals surface area contributed by atoms with Gasteiger partial charge in [-0.1, -0.05) is 23.7 Å². The number of thioether (sulfide) groups is 1. The molecule has 0 atom stereocenters. The molecule has 4 nitrogen and oxygen atoms in total. The summed E-state index contributed by atoms with van der Waals surface area (Å²) in [7, 11) is 0. The van der Waals surface area contributed by atoms with Crippen LogP contribution in [0.15, 0.2) is 47.4 Å². The van der Waals surface area contributed by atoms with E-state index in [1.54, 1.807) is 30.0 Å². The molecule has 1 saturated heterocycles. The van der Waals surface area contributed by atoms with Gasteiger partial charge in [-0.2, -0.15) is 0 Å². The second kappa shape index (κ2) is 7.36. The number of carbonyl (C=O) groups excluding carboxylic acids is 1. The molecule has 1 aliphatic heterocycles. The highest BCUT2D eigenvalue weighted by Crippen LogP contribution is 2.28. The Balaban J connectivity index is 1.71. The van der Waals surface area contributed by atoms with Gasteiger partial charge < -0.3 is 14.9 Å². The zero-order chi connectivity index (χ0) is 17.1. The van der Waals surface area contributed by atoms with Crippen LogP contribution in [0, 0.1) is 0 Å². The first kappa shape index (κ1) is 17.0. The Hall–Kier alpha value is -1.85. The lowest BCUT2D eigenvalue weighted by Crippen LogP contribution is -2.48. The number of amides is 1. The average molecular weight is 363 g/mol. The predicted molar refractivity (Wildman–Crippen MR) is 99.5 cm³/mol. The van der Waals surface area contributed by atoms with Gasteiger partial charge in [-0.25, -0.2) is 0 Å². The molecule has 24 heavy (non-hydrogen) atoms. The molecule has 0 aliphatic carbocycles. The Morgan fingerprint density at radius 3 is 2.50 bits per heavy atom. The van der Waals surface area contributed by atoms with E-state index in [2.05, 4.69) is 4.90 Å². The van der Waals surface area contributed by atoms with Crippen LogP contribution in [0.5, 0.6) is 5.75 Å².